The lowest BCUT2D eigenvalue weighted by Crippen LogP contribution is -2.33. The van der Waals surface area contributed by atoms with Gasteiger partial charge in [0.1, 0.15) is 5.82 Å². The van der Waals surface area contributed by atoms with Crippen molar-refractivity contribution in [3.8, 4) is 0 Å². The van der Waals surface area contributed by atoms with Gasteiger partial charge in [0, 0.05) is 12.2 Å². The van der Waals surface area contributed by atoms with Gasteiger partial charge in [-0.3, -0.25) is 4.79 Å². The number of rotatable bonds is 4. The summed E-state index contributed by atoms with van der Waals surface area (Å²) in [5.74, 6) is -0.582. The Kier molecular flexibility index (Phi) is 4.10. The molecule has 0 saturated heterocycles. The maximum absolute atomic E-state index is 13.1. The first-order chi connectivity index (χ1) is 7.85. The summed E-state index contributed by atoms with van der Waals surface area (Å²) in [6, 6.07) is 4.69. The van der Waals surface area contributed by atoms with Gasteiger partial charge in [-0.1, -0.05) is 0 Å². The van der Waals surface area contributed by atoms with E-state index in [4.69, 9.17) is 4.74 Å². The van der Waals surface area contributed by atoms with Crippen LogP contribution in [0.15, 0.2) is 18.2 Å². The Labute approximate surface area is 101 Å². The molecule has 0 spiro atoms. The molecule has 0 bridgehead atoms. The van der Waals surface area contributed by atoms with Gasteiger partial charge in [0.25, 0.3) is 0 Å². The summed E-state index contributed by atoms with van der Waals surface area (Å²) in [4.78, 5) is 11.5. The minimum absolute atomic E-state index is 0.289. The normalized spacial score (nSPS) is 11.1. The lowest BCUT2D eigenvalue weighted by molar-refractivity contribution is -0.149. The highest BCUT2D eigenvalue weighted by atomic mass is 19.1. The number of benzene rings is 1. The molecule has 0 saturated carbocycles. The maximum atomic E-state index is 13.1. The molecule has 0 aromatic heterocycles. The fraction of sp³-hybridized carbons (Fsp3) is 0.462. The summed E-state index contributed by atoms with van der Waals surface area (Å²) >= 11 is 0. The van der Waals surface area contributed by atoms with Crippen molar-refractivity contribution in [1.29, 1.82) is 0 Å². The molecule has 1 N–H and O–H groups in total. The molecule has 0 aliphatic heterocycles. The molecule has 0 fully saturated rings. The van der Waals surface area contributed by atoms with E-state index in [1.807, 2.05) is 13.0 Å². The van der Waals surface area contributed by atoms with Crippen LogP contribution in [-0.4, -0.2) is 19.6 Å². The van der Waals surface area contributed by atoms with E-state index in [-0.39, 0.29) is 11.8 Å². The van der Waals surface area contributed by atoms with Gasteiger partial charge in [-0.2, -0.15) is 0 Å². The predicted octanol–water partition coefficient (Wildman–Crippen LogP) is 2.75. The average molecular weight is 239 g/mol. The Morgan fingerprint density at radius 3 is 2.59 bits per heavy atom. The van der Waals surface area contributed by atoms with E-state index in [0.29, 0.717) is 12.2 Å². The van der Waals surface area contributed by atoms with Crippen LogP contribution in [0.3, 0.4) is 0 Å². The van der Waals surface area contributed by atoms with Crippen molar-refractivity contribution in [2.75, 3.05) is 19.0 Å². The molecular formula is C13H18FNO2. The molecule has 0 amide bonds. The molecule has 0 atom stereocenters. The van der Waals surface area contributed by atoms with Crippen LogP contribution in [0.4, 0.5) is 10.1 Å². The van der Waals surface area contributed by atoms with E-state index in [1.165, 1.54) is 19.2 Å². The maximum Gasteiger partial charge on any atom is 0.313 e. The van der Waals surface area contributed by atoms with Gasteiger partial charge in [-0.05, 0) is 44.5 Å². The number of carbonyl (C=O) groups excluding carboxylic acids is 1. The van der Waals surface area contributed by atoms with Crippen LogP contribution >= 0.6 is 0 Å². The van der Waals surface area contributed by atoms with Crippen LogP contribution in [-0.2, 0) is 9.53 Å². The topological polar surface area (TPSA) is 38.3 Å². The zero-order chi connectivity index (χ0) is 13.1. The number of anilines is 1. The van der Waals surface area contributed by atoms with E-state index in [2.05, 4.69) is 5.32 Å². The molecule has 0 heterocycles. The lowest BCUT2D eigenvalue weighted by Gasteiger charge is -2.22. The summed E-state index contributed by atoms with van der Waals surface area (Å²) in [7, 11) is 1.36. The van der Waals surface area contributed by atoms with E-state index in [9.17, 15) is 9.18 Å². The number of hydrogen-bond donors (Lipinski definition) is 1. The summed E-state index contributed by atoms with van der Waals surface area (Å²) in [6.07, 6.45) is 0. The average Bonchev–Trinajstić information content (AvgIpc) is 2.24. The fourth-order valence-electron chi connectivity index (χ4n) is 1.51. The molecule has 1 rings (SSSR count). The van der Waals surface area contributed by atoms with Crippen LogP contribution in [0.2, 0.25) is 0 Å². The Morgan fingerprint density at radius 2 is 2.06 bits per heavy atom. The lowest BCUT2D eigenvalue weighted by atomic mass is 9.93. The van der Waals surface area contributed by atoms with E-state index in [0.717, 1.165) is 5.56 Å². The molecule has 1 aromatic carbocycles. The molecule has 3 nitrogen and oxygen atoms in total. The van der Waals surface area contributed by atoms with Gasteiger partial charge >= 0.3 is 5.97 Å². The fourth-order valence-corrected chi connectivity index (χ4v) is 1.51. The number of aryl methyl sites for hydroxylation is 1. The van der Waals surface area contributed by atoms with Crippen LogP contribution < -0.4 is 5.32 Å². The minimum Gasteiger partial charge on any atom is -0.469 e. The van der Waals surface area contributed by atoms with Crippen LogP contribution in [0, 0.1) is 18.2 Å². The second kappa shape index (κ2) is 5.17. The van der Waals surface area contributed by atoms with Crippen molar-refractivity contribution in [2.45, 2.75) is 20.8 Å². The third kappa shape index (κ3) is 3.73. The number of carbonyl (C=O) groups is 1. The predicted molar refractivity (Wildman–Crippen MR) is 65.4 cm³/mol. The molecule has 0 radical (unpaired) electrons. The largest absolute Gasteiger partial charge is 0.469 e. The zero-order valence-corrected chi connectivity index (χ0v) is 10.6. The summed E-state index contributed by atoms with van der Waals surface area (Å²) in [6.45, 7) is 5.76. The number of methoxy groups -OCH3 is 1. The third-order valence-electron chi connectivity index (χ3n) is 2.51. The van der Waals surface area contributed by atoms with E-state index >= 15 is 0 Å². The van der Waals surface area contributed by atoms with Crippen molar-refractivity contribution >= 4 is 11.7 Å². The standard InChI is InChI=1S/C13H18FNO2/c1-9-5-10(14)7-11(6-9)15-8-13(2,3)12(16)17-4/h5-7,15H,8H2,1-4H3. The van der Waals surface area contributed by atoms with Crippen LogP contribution in [0.5, 0.6) is 0 Å². The molecule has 1 aromatic rings. The Morgan fingerprint density at radius 1 is 1.41 bits per heavy atom. The van der Waals surface area contributed by atoms with Gasteiger partial charge in [0.15, 0.2) is 0 Å². The van der Waals surface area contributed by atoms with Crippen LogP contribution in [0.25, 0.3) is 0 Å². The number of ether oxygens (including phenoxy) is 1. The second-order valence-corrected chi connectivity index (χ2v) is 4.75. The number of nitrogens with one attached hydrogen (secondary N) is 1. The van der Waals surface area contributed by atoms with Gasteiger partial charge in [0.2, 0.25) is 0 Å². The van der Waals surface area contributed by atoms with Gasteiger partial charge in [-0.15, -0.1) is 0 Å². The number of esters is 1. The molecule has 0 aliphatic rings. The van der Waals surface area contributed by atoms with Crippen molar-refractivity contribution in [3.63, 3.8) is 0 Å². The highest BCUT2D eigenvalue weighted by Gasteiger charge is 2.28. The minimum atomic E-state index is -0.644. The van der Waals surface area contributed by atoms with Crippen molar-refractivity contribution < 1.29 is 13.9 Å². The Balaban J connectivity index is 2.70. The first-order valence-electron chi connectivity index (χ1n) is 5.44. The molecule has 94 valence electrons. The van der Waals surface area contributed by atoms with E-state index in [1.54, 1.807) is 13.8 Å². The first-order valence-corrected chi connectivity index (χ1v) is 5.44. The zero-order valence-electron chi connectivity index (χ0n) is 10.6. The highest BCUT2D eigenvalue weighted by Crippen LogP contribution is 2.20. The Bertz CT molecular complexity index is 396. The van der Waals surface area contributed by atoms with Gasteiger partial charge in [0.05, 0.1) is 12.5 Å². The van der Waals surface area contributed by atoms with Crippen LogP contribution in [0.1, 0.15) is 19.4 Å². The second-order valence-electron chi connectivity index (χ2n) is 4.75. The van der Waals surface area contributed by atoms with E-state index < -0.39 is 5.41 Å². The quantitative estimate of drug-likeness (QED) is 0.821. The summed E-state index contributed by atoms with van der Waals surface area (Å²) in [5.41, 5.74) is 0.859. The third-order valence-corrected chi connectivity index (χ3v) is 2.51. The number of halogens is 1. The first kappa shape index (κ1) is 13.5. The summed E-state index contributed by atoms with van der Waals surface area (Å²) < 4.78 is 17.8. The SMILES string of the molecule is COC(=O)C(C)(C)CNc1cc(C)cc(F)c1. The van der Waals surface area contributed by atoms with Gasteiger partial charge in [-0.25, -0.2) is 4.39 Å². The highest BCUT2D eigenvalue weighted by molar-refractivity contribution is 5.76. The monoisotopic (exact) mass is 239 g/mol. The summed E-state index contributed by atoms with van der Waals surface area (Å²) in [5, 5.41) is 3.04. The van der Waals surface area contributed by atoms with Gasteiger partial charge < -0.3 is 10.1 Å². The molecule has 4 heteroatoms. The van der Waals surface area contributed by atoms with Crippen molar-refractivity contribution in [3.05, 3.63) is 29.6 Å². The Hall–Kier alpha value is -1.58. The molecule has 0 unspecified atom stereocenters. The molecule has 0 aliphatic carbocycles. The van der Waals surface area contributed by atoms with Crippen molar-refractivity contribution in [2.24, 2.45) is 5.41 Å². The number of hydrogen-bond acceptors (Lipinski definition) is 3. The smallest absolute Gasteiger partial charge is 0.313 e. The molecule has 17 heavy (non-hydrogen) atoms. The molecular weight excluding hydrogens is 221 g/mol. The van der Waals surface area contributed by atoms with Crippen molar-refractivity contribution in [1.82, 2.24) is 0 Å².